The van der Waals surface area contributed by atoms with Gasteiger partial charge in [0.1, 0.15) is 17.4 Å². The highest BCUT2D eigenvalue weighted by Crippen LogP contribution is 2.36. The van der Waals surface area contributed by atoms with E-state index in [2.05, 4.69) is 10.3 Å². The van der Waals surface area contributed by atoms with Gasteiger partial charge in [-0.25, -0.2) is 12.8 Å². The lowest BCUT2D eigenvalue weighted by Gasteiger charge is -2.22. The highest BCUT2D eigenvalue weighted by Gasteiger charge is 2.26. The van der Waals surface area contributed by atoms with E-state index in [1.807, 2.05) is 0 Å². The van der Waals surface area contributed by atoms with E-state index in [1.54, 1.807) is 6.07 Å². The molecule has 1 N–H and O–H groups in total. The average Bonchev–Trinajstić information content (AvgIpc) is 3.06. The highest BCUT2D eigenvalue weighted by atomic mass is 32.2. The molecule has 9 heteroatoms. The van der Waals surface area contributed by atoms with E-state index < -0.39 is 16.7 Å². The molecule has 3 heterocycles. The van der Waals surface area contributed by atoms with Crippen molar-refractivity contribution in [1.82, 2.24) is 10.3 Å². The van der Waals surface area contributed by atoms with Crippen molar-refractivity contribution < 1.29 is 22.0 Å². The Morgan fingerprint density at radius 2 is 1.97 bits per heavy atom. The van der Waals surface area contributed by atoms with E-state index in [0.29, 0.717) is 35.3 Å². The van der Waals surface area contributed by atoms with Crippen molar-refractivity contribution in [3.8, 4) is 11.3 Å². The number of halogens is 1. The van der Waals surface area contributed by atoms with E-state index in [-0.39, 0.29) is 17.4 Å². The van der Waals surface area contributed by atoms with E-state index in [0.717, 1.165) is 24.8 Å². The van der Waals surface area contributed by atoms with Crippen LogP contribution in [0.2, 0.25) is 0 Å². The fourth-order valence-corrected chi connectivity index (χ4v) is 4.27. The number of benzene rings is 1. The summed E-state index contributed by atoms with van der Waals surface area (Å²) in [6.45, 7) is 0.359. The second-order valence-electron chi connectivity index (χ2n) is 6.89. The van der Waals surface area contributed by atoms with Crippen LogP contribution in [0.25, 0.3) is 22.4 Å². The van der Waals surface area contributed by atoms with Gasteiger partial charge in [-0.2, -0.15) is 4.98 Å². The van der Waals surface area contributed by atoms with Gasteiger partial charge >= 0.3 is 0 Å². The average molecular weight is 417 g/mol. The molecule has 0 fully saturated rings. The number of nitrogens with one attached hydrogen (secondary N) is 1. The summed E-state index contributed by atoms with van der Waals surface area (Å²) in [5.74, 6) is -0.149. The zero-order valence-electron chi connectivity index (χ0n) is 15.8. The Morgan fingerprint density at radius 3 is 2.66 bits per heavy atom. The molecule has 7 nitrogen and oxygen atoms in total. The van der Waals surface area contributed by atoms with Crippen LogP contribution in [-0.4, -0.2) is 32.9 Å². The third-order valence-corrected chi connectivity index (χ3v) is 5.84. The Kier molecular flexibility index (Phi) is 5.23. The Hall–Kier alpha value is -2.94. The molecule has 1 aromatic carbocycles. The van der Waals surface area contributed by atoms with E-state index >= 15 is 0 Å². The quantitative estimate of drug-likeness (QED) is 0.639. The van der Waals surface area contributed by atoms with Gasteiger partial charge in [-0.1, -0.05) is 6.42 Å². The van der Waals surface area contributed by atoms with Gasteiger partial charge in [-0.05, 0) is 55.2 Å². The number of furan rings is 1. The SMILES string of the molecule is CNC(=O)c1c(-c2ccc(F)cc2)oc2nc3c(cc12)CCCCCN3[SH](=O)=O. The number of aromatic nitrogens is 1. The van der Waals surface area contributed by atoms with E-state index in [1.165, 1.54) is 35.6 Å². The summed E-state index contributed by atoms with van der Waals surface area (Å²) >= 11 is 0. The number of pyridine rings is 1. The third-order valence-electron chi connectivity index (χ3n) is 5.06. The molecule has 0 saturated heterocycles. The van der Waals surface area contributed by atoms with Crippen LogP contribution in [0.1, 0.15) is 35.2 Å². The molecule has 0 saturated carbocycles. The van der Waals surface area contributed by atoms with Crippen LogP contribution in [0, 0.1) is 5.82 Å². The third kappa shape index (κ3) is 3.57. The fraction of sp³-hybridized carbons (Fsp3) is 0.300. The Morgan fingerprint density at radius 1 is 1.21 bits per heavy atom. The van der Waals surface area contributed by atoms with Crippen molar-refractivity contribution in [2.45, 2.75) is 25.7 Å². The smallest absolute Gasteiger partial charge is 0.255 e. The fourth-order valence-electron chi connectivity index (χ4n) is 3.64. The number of aryl methyl sites for hydroxylation is 1. The Balaban J connectivity index is 1.98. The van der Waals surface area contributed by atoms with Crippen LogP contribution in [0.4, 0.5) is 10.2 Å². The van der Waals surface area contributed by atoms with Crippen LogP contribution >= 0.6 is 0 Å². The number of rotatable bonds is 3. The van der Waals surface area contributed by atoms with Gasteiger partial charge in [-0.15, -0.1) is 0 Å². The van der Waals surface area contributed by atoms with Crippen molar-refractivity contribution in [3.05, 3.63) is 47.3 Å². The summed E-state index contributed by atoms with van der Waals surface area (Å²) < 4.78 is 44.1. The zero-order valence-corrected chi connectivity index (χ0v) is 16.7. The Bertz CT molecular complexity index is 1150. The minimum Gasteiger partial charge on any atom is -0.437 e. The molecule has 4 rings (SSSR count). The summed E-state index contributed by atoms with van der Waals surface area (Å²) in [4.78, 5) is 17.1. The number of thiol groups is 1. The van der Waals surface area contributed by atoms with Crippen LogP contribution in [-0.2, 0) is 17.3 Å². The van der Waals surface area contributed by atoms with E-state index in [4.69, 9.17) is 4.42 Å². The maximum Gasteiger partial charge on any atom is 0.255 e. The first-order valence-corrected chi connectivity index (χ1v) is 10.5. The first kappa shape index (κ1) is 19.4. The molecule has 0 aliphatic carbocycles. The molecule has 0 bridgehead atoms. The molecule has 2 aromatic heterocycles. The molecule has 3 aromatic rings. The normalized spacial score (nSPS) is 14.5. The second-order valence-corrected chi connectivity index (χ2v) is 7.85. The lowest BCUT2D eigenvalue weighted by molar-refractivity contribution is 0.0964. The van der Waals surface area contributed by atoms with Gasteiger partial charge in [0, 0.05) is 19.2 Å². The molecule has 0 unspecified atom stereocenters. The molecule has 0 spiro atoms. The topological polar surface area (TPSA) is 92.5 Å². The number of fused-ring (bicyclic) bond motifs is 2. The number of carbonyl (C=O) groups is 1. The van der Waals surface area contributed by atoms with Gasteiger partial charge in [0.2, 0.25) is 16.6 Å². The number of anilines is 1. The van der Waals surface area contributed by atoms with Crippen LogP contribution in [0.15, 0.2) is 34.7 Å². The molecule has 29 heavy (non-hydrogen) atoms. The number of hydrogen-bond donors (Lipinski definition) is 2. The van der Waals surface area contributed by atoms with Gasteiger partial charge in [0.05, 0.1) is 10.9 Å². The predicted octanol–water partition coefficient (Wildman–Crippen LogP) is 3.05. The van der Waals surface area contributed by atoms with Crippen molar-refractivity contribution >= 4 is 33.7 Å². The summed E-state index contributed by atoms with van der Waals surface area (Å²) in [7, 11) is -1.33. The molecular formula is C20H20FN3O4S. The van der Waals surface area contributed by atoms with Gasteiger partial charge in [0.15, 0.2) is 0 Å². The Labute approximate surface area is 168 Å². The number of carbonyl (C=O) groups excluding carboxylic acids is 1. The summed E-state index contributed by atoms with van der Waals surface area (Å²) in [6.07, 6.45) is 3.22. The minimum atomic E-state index is -2.85. The minimum absolute atomic E-state index is 0.170. The molecule has 1 aliphatic heterocycles. The standard InChI is InChI=1S/C20H20FN3O4S/c1-22-19(25)16-15-11-13-5-3-2-4-10-24(29(26)27)18(13)23-20(15)28-17(16)12-6-8-14(21)9-7-12/h6-9,11,29H,2-5,10H2,1H3,(H,22,25). The maximum absolute atomic E-state index is 13.3. The molecule has 152 valence electrons. The predicted molar refractivity (Wildman–Crippen MR) is 108 cm³/mol. The lowest BCUT2D eigenvalue weighted by Crippen LogP contribution is -2.26. The first-order valence-electron chi connectivity index (χ1n) is 9.36. The first-order chi connectivity index (χ1) is 14.0. The van der Waals surface area contributed by atoms with Gasteiger partial charge in [-0.3, -0.25) is 9.10 Å². The van der Waals surface area contributed by atoms with Crippen LogP contribution in [0.5, 0.6) is 0 Å². The molecule has 0 atom stereocenters. The van der Waals surface area contributed by atoms with Crippen molar-refractivity contribution in [2.24, 2.45) is 0 Å². The van der Waals surface area contributed by atoms with Crippen molar-refractivity contribution in [1.29, 1.82) is 0 Å². The van der Waals surface area contributed by atoms with Crippen molar-refractivity contribution in [2.75, 3.05) is 17.9 Å². The maximum atomic E-state index is 13.3. The molecular weight excluding hydrogens is 397 g/mol. The summed E-state index contributed by atoms with van der Waals surface area (Å²) in [6, 6.07) is 7.40. The molecule has 1 aliphatic rings. The molecule has 0 radical (unpaired) electrons. The van der Waals surface area contributed by atoms with Gasteiger partial charge < -0.3 is 9.73 Å². The second kappa shape index (κ2) is 7.82. The van der Waals surface area contributed by atoms with Gasteiger partial charge in [0.25, 0.3) is 5.91 Å². The van der Waals surface area contributed by atoms with Crippen molar-refractivity contribution in [3.63, 3.8) is 0 Å². The monoisotopic (exact) mass is 417 g/mol. The lowest BCUT2D eigenvalue weighted by atomic mass is 10.0. The number of hydrogen-bond acceptors (Lipinski definition) is 5. The number of amides is 1. The molecule has 1 amide bonds. The van der Waals surface area contributed by atoms with Crippen LogP contribution < -0.4 is 9.62 Å². The summed E-state index contributed by atoms with van der Waals surface area (Å²) in [5, 5.41) is 3.11. The van der Waals surface area contributed by atoms with Crippen LogP contribution in [0.3, 0.4) is 0 Å². The summed E-state index contributed by atoms with van der Waals surface area (Å²) in [5.41, 5.74) is 1.75. The highest BCUT2D eigenvalue weighted by molar-refractivity contribution is 7.74. The zero-order chi connectivity index (χ0) is 20.5. The number of nitrogens with zero attached hydrogens (tertiary/aromatic N) is 2. The van der Waals surface area contributed by atoms with E-state index in [9.17, 15) is 17.6 Å². The largest absolute Gasteiger partial charge is 0.437 e.